The van der Waals surface area contributed by atoms with Crippen LogP contribution in [-0.2, 0) is 0 Å². The molecule has 28 valence electrons. The molecular weight excluding hydrogens is 122 g/mol. The molecule has 0 nitrogen and oxygen atoms in total. The summed E-state index contributed by atoms with van der Waals surface area (Å²) in [7, 11) is 0. The monoisotopic (exact) mass is 124 g/mol. The summed E-state index contributed by atoms with van der Waals surface area (Å²) in [4.78, 5) is -0.208. The maximum atomic E-state index is 5.21. The van der Waals surface area contributed by atoms with Crippen molar-refractivity contribution in [2.45, 2.75) is 10.1 Å². The van der Waals surface area contributed by atoms with Gasteiger partial charge in [0.2, 0.25) is 0 Å². The van der Waals surface area contributed by atoms with Crippen LogP contribution in [0.15, 0.2) is 0 Å². The van der Waals surface area contributed by atoms with E-state index in [9.17, 15) is 0 Å². The molecule has 0 bridgehead atoms. The van der Waals surface area contributed by atoms with Crippen molar-refractivity contribution < 1.29 is 0 Å². The van der Waals surface area contributed by atoms with Crippen molar-refractivity contribution >= 4 is 39.5 Å². The molecule has 0 N–H and O–H groups in total. The van der Waals surface area contributed by atoms with Crippen molar-refractivity contribution in [2.24, 2.45) is 0 Å². The Balaban J connectivity index is 2.54. The molecule has 0 aliphatic rings. The highest BCUT2D eigenvalue weighted by Gasteiger charge is 1.85. The predicted octanol–water partition coefficient (Wildman–Crippen LogP) is 1.38. The van der Waals surface area contributed by atoms with Crippen LogP contribution >= 0.6 is 23.2 Å². The van der Waals surface area contributed by atoms with Crippen LogP contribution in [0.25, 0.3) is 0 Å². The Hall–Kier alpha value is 1.11. The highest BCUT2D eigenvalue weighted by Crippen LogP contribution is 2.02. The summed E-state index contributed by atoms with van der Waals surface area (Å²) in [6, 6.07) is 0. The van der Waals surface area contributed by atoms with Gasteiger partial charge in [-0.2, -0.15) is 0 Å². The van der Waals surface area contributed by atoms with Crippen molar-refractivity contribution in [3.63, 3.8) is 0 Å². The Bertz CT molecular complexity index is 21.6. The smallest absolute Gasteiger partial charge is 0.107 e. The van der Waals surface area contributed by atoms with Crippen LogP contribution < -0.4 is 0 Å². The van der Waals surface area contributed by atoms with Crippen LogP contribution in [0.5, 0.6) is 0 Å². The van der Waals surface area contributed by atoms with Crippen molar-refractivity contribution in [3.05, 3.63) is 0 Å². The van der Waals surface area contributed by atoms with Gasteiger partial charge in [0.15, 0.2) is 0 Å². The van der Waals surface area contributed by atoms with Crippen molar-refractivity contribution in [1.29, 1.82) is 0 Å². The van der Waals surface area contributed by atoms with Crippen LogP contribution in [0, 0.1) is 0 Å². The lowest BCUT2D eigenvalue weighted by atomic mass is 10.9. The molecular formula is C2H3AlCl2. The van der Waals surface area contributed by atoms with E-state index in [2.05, 4.69) is 16.3 Å². The number of rotatable bonds is 1. The first kappa shape index (κ1) is 6.11. The molecule has 0 aromatic carbocycles. The molecule has 0 heterocycles. The topological polar surface area (TPSA) is 0 Å². The Morgan fingerprint density at radius 2 is 1.80 bits per heavy atom. The van der Waals surface area contributed by atoms with Crippen LogP contribution in [0.1, 0.15) is 0 Å². The van der Waals surface area contributed by atoms with Gasteiger partial charge in [-0.1, -0.05) is 5.28 Å². The summed E-state index contributed by atoms with van der Waals surface area (Å²) in [5, 5.41) is 0.753. The van der Waals surface area contributed by atoms with Gasteiger partial charge in [0.25, 0.3) is 0 Å². The molecule has 5 heavy (non-hydrogen) atoms. The van der Waals surface area contributed by atoms with Gasteiger partial charge in [-0.3, -0.25) is 0 Å². The lowest BCUT2D eigenvalue weighted by molar-refractivity contribution is 1.37. The van der Waals surface area contributed by atoms with Gasteiger partial charge in [0.05, 0.1) is 4.84 Å². The standard InChI is InChI=1S/C2H3Cl2.Al/c1-2(3)4;/h2H,1H2;. The molecule has 0 fully saturated rings. The molecule has 0 amide bonds. The van der Waals surface area contributed by atoms with Gasteiger partial charge in [-0.05, 0) is 0 Å². The largest absolute Gasteiger partial charge is 0.122 e. The highest BCUT2D eigenvalue weighted by molar-refractivity contribution is 6.46. The Labute approximate surface area is 49.9 Å². The normalized spacial score (nSPS) is 9.40. The first-order chi connectivity index (χ1) is 2.27. The first-order valence-electron chi connectivity index (χ1n) is 1.25. The Morgan fingerprint density at radius 3 is 1.80 bits per heavy atom. The van der Waals surface area contributed by atoms with E-state index in [1.165, 1.54) is 0 Å². The van der Waals surface area contributed by atoms with Gasteiger partial charge >= 0.3 is 0 Å². The van der Waals surface area contributed by atoms with Crippen LogP contribution in [0.3, 0.4) is 0 Å². The number of hydrogen-bond donors (Lipinski definition) is 0. The van der Waals surface area contributed by atoms with Gasteiger partial charge in [-0.15, -0.1) is 23.2 Å². The number of alkyl halides is 2. The van der Waals surface area contributed by atoms with E-state index < -0.39 is 0 Å². The van der Waals surface area contributed by atoms with E-state index in [-0.39, 0.29) is 4.84 Å². The first-order valence-corrected chi connectivity index (χ1v) is 2.94. The third kappa shape index (κ3) is 5.11. The van der Waals surface area contributed by atoms with E-state index >= 15 is 0 Å². The summed E-state index contributed by atoms with van der Waals surface area (Å²) < 4.78 is 0. The van der Waals surface area contributed by atoms with E-state index in [4.69, 9.17) is 23.2 Å². The van der Waals surface area contributed by atoms with E-state index in [0.29, 0.717) is 0 Å². The quantitative estimate of drug-likeness (QED) is 0.366. The fourth-order valence-corrected chi connectivity index (χ4v) is 0. The average molecular weight is 125 g/mol. The second kappa shape index (κ2) is 3.31. The highest BCUT2D eigenvalue weighted by atomic mass is 35.5. The Morgan fingerprint density at radius 1 is 1.60 bits per heavy atom. The second-order valence-corrected chi connectivity index (χ2v) is 2.38. The van der Waals surface area contributed by atoms with Gasteiger partial charge < -0.3 is 0 Å². The van der Waals surface area contributed by atoms with E-state index in [1.807, 2.05) is 0 Å². The summed E-state index contributed by atoms with van der Waals surface area (Å²) in [6.45, 7) is 0. The van der Waals surface area contributed by atoms with Crippen molar-refractivity contribution in [1.82, 2.24) is 0 Å². The molecule has 0 spiro atoms. The minimum absolute atomic E-state index is 0.208. The third-order valence-corrected chi connectivity index (χ3v) is 1.60. The summed E-state index contributed by atoms with van der Waals surface area (Å²) in [6.07, 6.45) is 0. The molecule has 0 aromatic rings. The molecule has 0 aliphatic heterocycles. The lowest BCUT2D eigenvalue weighted by Gasteiger charge is -1.85. The molecule has 2 radical (unpaired) electrons. The molecule has 0 saturated heterocycles. The van der Waals surface area contributed by atoms with Crippen molar-refractivity contribution in [2.75, 3.05) is 0 Å². The number of halogens is 2. The molecule has 3 heteroatoms. The average Bonchev–Trinajstić information content (AvgIpc) is 1.38. The van der Waals surface area contributed by atoms with Crippen molar-refractivity contribution in [3.8, 4) is 0 Å². The molecule has 0 aliphatic carbocycles. The maximum absolute atomic E-state index is 5.21. The maximum Gasteiger partial charge on any atom is 0.122 e. The van der Waals surface area contributed by atoms with Crippen LogP contribution in [0.4, 0.5) is 0 Å². The van der Waals surface area contributed by atoms with Gasteiger partial charge in [-0.25, -0.2) is 0 Å². The zero-order chi connectivity index (χ0) is 4.28. The van der Waals surface area contributed by atoms with Gasteiger partial charge in [0, 0.05) is 0 Å². The minimum Gasteiger partial charge on any atom is -0.107 e. The zero-order valence-electron chi connectivity index (χ0n) is 2.62. The van der Waals surface area contributed by atoms with Gasteiger partial charge in [0.1, 0.15) is 16.3 Å². The molecule has 0 saturated carbocycles. The number of hydrogen-bond acceptors (Lipinski definition) is 0. The predicted molar refractivity (Wildman–Crippen MR) is 26.1 cm³/mol. The summed E-state index contributed by atoms with van der Waals surface area (Å²) in [5.74, 6) is 0. The fourth-order valence-electron chi connectivity index (χ4n) is 0. The van der Waals surface area contributed by atoms with E-state index in [1.54, 1.807) is 0 Å². The molecule has 0 unspecified atom stereocenters. The fraction of sp³-hybridized carbons (Fsp3) is 1.00. The summed E-state index contributed by atoms with van der Waals surface area (Å²) >= 11 is 12.8. The Kier molecular flexibility index (Phi) is 4.04. The van der Waals surface area contributed by atoms with Crippen LogP contribution in [0.2, 0.25) is 5.28 Å². The molecule has 0 atom stereocenters. The zero-order valence-corrected chi connectivity index (χ0v) is 5.28. The third-order valence-electron chi connectivity index (χ3n) is 0.178. The summed E-state index contributed by atoms with van der Waals surface area (Å²) in [5.41, 5.74) is 0. The molecule has 0 aromatic heterocycles. The lowest BCUT2D eigenvalue weighted by Crippen LogP contribution is -1.79. The SMILES string of the molecule is [Al][CH2]C(Cl)Cl. The second-order valence-electron chi connectivity index (χ2n) is 0.627. The van der Waals surface area contributed by atoms with Crippen LogP contribution in [-0.4, -0.2) is 21.1 Å². The minimum atomic E-state index is -0.208. The molecule has 0 rings (SSSR count). The van der Waals surface area contributed by atoms with E-state index in [0.717, 1.165) is 5.28 Å².